The van der Waals surface area contributed by atoms with Crippen LogP contribution in [0.15, 0.2) is 72.8 Å². The zero-order valence-electron chi connectivity index (χ0n) is 34.5. The molecule has 1 aliphatic rings. The number of hydrogen-bond donors (Lipinski definition) is 8. The van der Waals surface area contributed by atoms with Gasteiger partial charge in [-0.3, -0.25) is 21.3 Å². The van der Waals surface area contributed by atoms with E-state index in [4.69, 9.17) is 9.47 Å². The molecular formula is C44H67N7O5. The lowest BCUT2D eigenvalue weighted by atomic mass is 10.0. The minimum absolute atomic E-state index is 0.241. The molecule has 0 saturated carbocycles. The highest BCUT2D eigenvalue weighted by atomic mass is 16.5. The number of carbonyl (C=O) groups is 2. The lowest BCUT2D eigenvalue weighted by Crippen LogP contribution is -2.73. The molecule has 0 aromatic heterocycles. The first-order chi connectivity index (χ1) is 26.9. The second-order valence-electron chi connectivity index (χ2n) is 15.8. The molecule has 308 valence electrons. The summed E-state index contributed by atoms with van der Waals surface area (Å²) in [7, 11) is 0. The maximum absolute atomic E-state index is 12.8. The number of esters is 2. The number of aliphatic hydroxyl groups is 1. The third-order valence-corrected chi connectivity index (χ3v) is 9.96. The van der Waals surface area contributed by atoms with Crippen molar-refractivity contribution in [3.05, 3.63) is 89.5 Å². The minimum Gasteiger partial charge on any atom is -0.462 e. The van der Waals surface area contributed by atoms with E-state index in [2.05, 4.69) is 64.9 Å². The van der Waals surface area contributed by atoms with E-state index >= 15 is 0 Å². The molecule has 3 aromatic carbocycles. The van der Waals surface area contributed by atoms with Gasteiger partial charge in [-0.15, -0.1) is 0 Å². The van der Waals surface area contributed by atoms with Gasteiger partial charge in [-0.25, -0.2) is 9.59 Å². The number of unbranched alkanes of at least 4 members (excludes halogenated alkanes) is 2. The summed E-state index contributed by atoms with van der Waals surface area (Å²) in [5.74, 6) is 0.121. The molecule has 0 aliphatic carbocycles. The Kier molecular flexibility index (Phi) is 17.9. The third-order valence-electron chi connectivity index (χ3n) is 9.96. The fourth-order valence-corrected chi connectivity index (χ4v) is 6.40. The van der Waals surface area contributed by atoms with Gasteiger partial charge >= 0.3 is 11.9 Å². The quantitative estimate of drug-likeness (QED) is 0.0368. The van der Waals surface area contributed by atoms with Crippen LogP contribution in [0.5, 0.6) is 0 Å². The number of benzene rings is 3. The Morgan fingerprint density at radius 1 is 0.625 bits per heavy atom. The fourth-order valence-electron chi connectivity index (χ4n) is 6.40. The molecule has 0 bridgehead atoms. The van der Waals surface area contributed by atoms with E-state index < -0.39 is 25.1 Å². The van der Waals surface area contributed by atoms with Crippen LogP contribution >= 0.6 is 0 Å². The molecule has 0 radical (unpaired) electrons. The van der Waals surface area contributed by atoms with Crippen LogP contribution in [0.4, 0.5) is 17.1 Å². The monoisotopic (exact) mass is 774 g/mol. The van der Waals surface area contributed by atoms with Crippen LogP contribution in [0, 0.1) is 11.8 Å². The van der Waals surface area contributed by atoms with Crippen molar-refractivity contribution in [3.8, 4) is 0 Å². The normalized spacial score (nSPS) is 18.7. The maximum atomic E-state index is 12.8. The summed E-state index contributed by atoms with van der Waals surface area (Å²) in [6.45, 7) is 15.5. The molecule has 0 spiro atoms. The second kappa shape index (κ2) is 22.5. The number of rotatable bonds is 22. The number of aliphatic hydroxyl groups excluding tert-OH is 1. The van der Waals surface area contributed by atoms with Gasteiger partial charge in [0.15, 0.2) is 0 Å². The van der Waals surface area contributed by atoms with Gasteiger partial charge in [-0.1, -0.05) is 78.4 Å². The highest BCUT2D eigenvalue weighted by Crippen LogP contribution is 2.20. The van der Waals surface area contributed by atoms with Gasteiger partial charge in [-0.2, -0.15) is 0 Å². The molecule has 5 unspecified atom stereocenters. The van der Waals surface area contributed by atoms with Gasteiger partial charge < -0.3 is 30.5 Å². The van der Waals surface area contributed by atoms with Crippen LogP contribution < -0.4 is 37.2 Å². The molecule has 4 rings (SSSR count). The zero-order chi connectivity index (χ0) is 40.5. The first-order valence-electron chi connectivity index (χ1n) is 20.6. The van der Waals surface area contributed by atoms with E-state index in [1.807, 2.05) is 69.3 Å². The molecule has 3 aromatic rings. The predicted molar refractivity (Wildman–Crippen MR) is 226 cm³/mol. The molecule has 5 atom stereocenters. The van der Waals surface area contributed by atoms with Crippen molar-refractivity contribution in [2.45, 2.75) is 130 Å². The van der Waals surface area contributed by atoms with Crippen molar-refractivity contribution in [2.75, 3.05) is 29.2 Å². The average molecular weight is 774 g/mol. The molecule has 8 N–H and O–H groups in total. The Bertz CT molecular complexity index is 1510. The van der Waals surface area contributed by atoms with Crippen molar-refractivity contribution in [1.82, 2.24) is 21.3 Å². The topological polar surface area (TPSA) is 157 Å². The second-order valence-corrected chi connectivity index (χ2v) is 15.8. The first-order valence-corrected chi connectivity index (χ1v) is 20.6. The first kappa shape index (κ1) is 44.5. The van der Waals surface area contributed by atoms with E-state index in [1.165, 1.54) is 0 Å². The number of ether oxygens (including phenoxy) is 2. The van der Waals surface area contributed by atoms with Crippen LogP contribution in [-0.2, 0) is 9.47 Å². The Labute approximate surface area is 334 Å². The van der Waals surface area contributed by atoms with Gasteiger partial charge in [0.25, 0.3) is 0 Å². The summed E-state index contributed by atoms with van der Waals surface area (Å²) in [6.07, 6.45) is 6.59. The summed E-state index contributed by atoms with van der Waals surface area (Å²) in [5, 5.41) is 34.8. The van der Waals surface area contributed by atoms with Crippen LogP contribution in [-0.4, -0.2) is 54.7 Å². The standard InChI is InChI=1S/C44H67N7O5/c1-8-12-14-30(10-3)28-55-39(53)33-18-24-36(25-19-33)46-42-48-41(45-35-22-16-32(17-23-35)38(52)51-44(5,6)7)49-43(50-42)47-37-26-20-34(21-27-37)40(54)56-29-31(11-4)15-13-9-2/h16-27,30-31,38,41-43,45-52H,8-15,28-29H2,1-7H3. The number of nitrogens with one attached hydrogen (secondary N) is 7. The number of hydrogen-bond acceptors (Lipinski definition) is 12. The van der Waals surface area contributed by atoms with E-state index in [1.54, 1.807) is 24.3 Å². The fraction of sp³-hybridized carbons (Fsp3) is 0.545. The van der Waals surface area contributed by atoms with E-state index in [0.29, 0.717) is 36.2 Å². The molecule has 56 heavy (non-hydrogen) atoms. The molecule has 12 nitrogen and oxygen atoms in total. The summed E-state index contributed by atoms with van der Waals surface area (Å²) >= 11 is 0. The van der Waals surface area contributed by atoms with Crippen LogP contribution in [0.3, 0.4) is 0 Å². The smallest absolute Gasteiger partial charge is 0.338 e. The Morgan fingerprint density at radius 3 is 1.30 bits per heavy atom. The van der Waals surface area contributed by atoms with Crippen molar-refractivity contribution < 1.29 is 24.2 Å². The largest absolute Gasteiger partial charge is 0.462 e. The molecule has 1 saturated heterocycles. The lowest BCUT2D eigenvalue weighted by molar-refractivity contribution is 0.0419. The SMILES string of the molecule is CCCCC(CC)COC(=O)c1ccc(NC2NC(Nc3ccc(C(=O)OCC(CC)CCCC)cc3)NC(Nc3ccc(C(O)NC(C)(C)C)cc3)N2)cc1. The number of anilines is 3. The molecule has 12 heteroatoms. The average Bonchev–Trinajstić information content (AvgIpc) is 3.18. The van der Waals surface area contributed by atoms with Crippen molar-refractivity contribution in [3.63, 3.8) is 0 Å². The predicted octanol–water partition coefficient (Wildman–Crippen LogP) is 8.08. The van der Waals surface area contributed by atoms with Gasteiger partial charge in [0.05, 0.1) is 24.3 Å². The summed E-state index contributed by atoms with van der Waals surface area (Å²) in [5.41, 5.74) is 3.97. The molecule has 1 fully saturated rings. The van der Waals surface area contributed by atoms with E-state index in [-0.39, 0.29) is 17.5 Å². The van der Waals surface area contributed by atoms with E-state index in [0.717, 1.165) is 74.0 Å². The highest BCUT2D eigenvalue weighted by molar-refractivity contribution is 5.90. The maximum Gasteiger partial charge on any atom is 0.338 e. The van der Waals surface area contributed by atoms with Crippen molar-refractivity contribution >= 4 is 29.0 Å². The van der Waals surface area contributed by atoms with Gasteiger partial charge in [0.2, 0.25) is 0 Å². The van der Waals surface area contributed by atoms with Crippen LogP contribution in [0.1, 0.15) is 132 Å². The summed E-state index contributed by atoms with van der Waals surface area (Å²) in [4.78, 5) is 25.6. The molecule has 0 amide bonds. The third kappa shape index (κ3) is 15.0. The van der Waals surface area contributed by atoms with Crippen molar-refractivity contribution in [1.29, 1.82) is 0 Å². The minimum atomic E-state index is -0.791. The molecule has 1 heterocycles. The van der Waals surface area contributed by atoms with Gasteiger partial charge in [0.1, 0.15) is 25.1 Å². The Hall–Kier alpha value is -4.20. The molecular weight excluding hydrogens is 707 g/mol. The van der Waals surface area contributed by atoms with Crippen molar-refractivity contribution in [2.24, 2.45) is 11.8 Å². The summed E-state index contributed by atoms with van der Waals surface area (Å²) in [6, 6.07) is 22.2. The van der Waals surface area contributed by atoms with Crippen LogP contribution in [0.2, 0.25) is 0 Å². The Morgan fingerprint density at radius 2 is 0.982 bits per heavy atom. The van der Waals surface area contributed by atoms with Gasteiger partial charge in [-0.05, 0) is 112 Å². The number of carbonyl (C=O) groups excluding carboxylic acids is 2. The van der Waals surface area contributed by atoms with E-state index in [9.17, 15) is 14.7 Å². The molecule has 1 aliphatic heterocycles. The van der Waals surface area contributed by atoms with Crippen LogP contribution in [0.25, 0.3) is 0 Å². The summed E-state index contributed by atoms with van der Waals surface area (Å²) < 4.78 is 11.3. The lowest BCUT2D eigenvalue weighted by Gasteiger charge is -2.40. The highest BCUT2D eigenvalue weighted by Gasteiger charge is 2.27. The zero-order valence-corrected chi connectivity index (χ0v) is 34.5. The Balaban J connectivity index is 1.42. The van der Waals surface area contributed by atoms with Gasteiger partial charge in [0, 0.05) is 22.6 Å².